The van der Waals surface area contributed by atoms with Gasteiger partial charge < -0.3 is 5.11 Å². The van der Waals surface area contributed by atoms with Crippen molar-refractivity contribution in [3.63, 3.8) is 0 Å². The van der Waals surface area contributed by atoms with Crippen molar-refractivity contribution in [2.24, 2.45) is 5.41 Å². The van der Waals surface area contributed by atoms with Gasteiger partial charge in [0.15, 0.2) is 5.78 Å². The molecular weight excluding hydrogens is 284 g/mol. The molecule has 0 aromatic heterocycles. The fourth-order valence-corrected chi connectivity index (χ4v) is 2.64. The molecule has 0 heterocycles. The van der Waals surface area contributed by atoms with Gasteiger partial charge in [0.05, 0.1) is 0 Å². The van der Waals surface area contributed by atoms with Crippen molar-refractivity contribution in [1.82, 2.24) is 0 Å². The molecule has 126 valence electrons. The zero-order valence-corrected chi connectivity index (χ0v) is 15.8. The van der Waals surface area contributed by atoms with Crippen LogP contribution in [0, 0.1) is 17.8 Å². The summed E-state index contributed by atoms with van der Waals surface area (Å²) >= 11 is 0. The van der Waals surface area contributed by atoms with Crippen molar-refractivity contribution >= 4 is 5.78 Å². The number of carbonyl (C=O) groups is 1. The highest BCUT2D eigenvalue weighted by molar-refractivity contribution is 6.01. The lowest BCUT2D eigenvalue weighted by atomic mass is 9.75. The van der Waals surface area contributed by atoms with Crippen molar-refractivity contribution in [2.75, 3.05) is 0 Å². The molecule has 0 aliphatic rings. The van der Waals surface area contributed by atoms with E-state index in [1.54, 1.807) is 0 Å². The Morgan fingerprint density at radius 2 is 1.39 bits per heavy atom. The number of ketones is 1. The Morgan fingerprint density at radius 1 is 1.00 bits per heavy atom. The van der Waals surface area contributed by atoms with Gasteiger partial charge in [-0.15, -0.1) is 12.3 Å². The Kier molecular flexibility index (Phi) is 5.07. The predicted molar refractivity (Wildman–Crippen MR) is 97.1 cm³/mol. The Hall–Kier alpha value is -1.75. The van der Waals surface area contributed by atoms with Crippen LogP contribution in [0.4, 0.5) is 0 Å². The first-order chi connectivity index (χ1) is 10.2. The first kappa shape index (κ1) is 19.3. The molecule has 2 heteroatoms. The predicted octanol–water partition coefficient (Wildman–Crippen LogP) is 5.22. The molecule has 0 unspecified atom stereocenters. The van der Waals surface area contributed by atoms with E-state index >= 15 is 0 Å². The van der Waals surface area contributed by atoms with E-state index in [9.17, 15) is 9.90 Å². The van der Waals surface area contributed by atoms with Crippen LogP contribution in [0.2, 0.25) is 0 Å². The van der Waals surface area contributed by atoms with Crippen LogP contribution in [0.25, 0.3) is 0 Å². The number of aromatic hydroxyl groups is 1. The molecule has 0 bridgehead atoms. The number of benzene rings is 1. The van der Waals surface area contributed by atoms with Gasteiger partial charge in [0, 0.05) is 28.5 Å². The summed E-state index contributed by atoms with van der Waals surface area (Å²) in [5, 5.41) is 10.7. The Morgan fingerprint density at radius 3 is 1.70 bits per heavy atom. The standard InChI is InChI=1S/C21H30O2/c1-10-11-21(8,9)18(23)14-12-15(19(2,3)4)17(22)16(13-14)20(5,6)7/h1,12-13,22H,11H2,2-9H3. The molecule has 23 heavy (non-hydrogen) atoms. The van der Waals surface area contributed by atoms with Crippen LogP contribution in [-0.4, -0.2) is 10.9 Å². The van der Waals surface area contributed by atoms with E-state index in [1.807, 2.05) is 67.5 Å². The van der Waals surface area contributed by atoms with Crippen LogP contribution in [-0.2, 0) is 10.8 Å². The lowest BCUT2D eigenvalue weighted by Crippen LogP contribution is -2.26. The molecule has 2 nitrogen and oxygen atoms in total. The van der Waals surface area contributed by atoms with Crippen LogP contribution in [0.5, 0.6) is 5.75 Å². The quantitative estimate of drug-likeness (QED) is 0.613. The van der Waals surface area contributed by atoms with E-state index in [1.165, 1.54) is 0 Å². The monoisotopic (exact) mass is 314 g/mol. The molecule has 1 aromatic carbocycles. The number of phenolic OH excluding ortho intramolecular Hbond substituents is 1. The maximum Gasteiger partial charge on any atom is 0.169 e. The molecule has 0 radical (unpaired) electrons. The third-order valence-electron chi connectivity index (χ3n) is 4.15. The van der Waals surface area contributed by atoms with Crippen LogP contribution in [0.3, 0.4) is 0 Å². The summed E-state index contributed by atoms with van der Waals surface area (Å²) in [6, 6.07) is 3.65. The fraction of sp³-hybridized carbons (Fsp3) is 0.571. The summed E-state index contributed by atoms with van der Waals surface area (Å²) in [7, 11) is 0. The van der Waals surface area contributed by atoms with Gasteiger partial charge in [-0.25, -0.2) is 0 Å². The summed E-state index contributed by atoms with van der Waals surface area (Å²) in [6.45, 7) is 16.0. The Bertz CT molecular complexity index is 609. The highest BCUT2D eigenvalue weighted by Crippen LogP contribution is 2.41. The third kappa shape index (κ3) is 4.16. The van der Waals surface area contributed by atoms with E-state index in [-0.39, 0.29) is 22.4 Å². The lowest BCUT2D eigenvalue weighted by Gasteiger charge is -2.29. The maximum atomic E-state index is 12.9. The SMILES string of the molecule is C#CCC(C)(C)C(=O)c1cc(C(C)(C)C)c(O)c(C(C)(C)C)c1. The van der Waals surface area contributed by atoms with Crippen molar-refractivity contribution in [3.8, 4) is 18.1 Å². The molecule has 0 spiro atoms. The molecule has 0 fully saturated rings. The van der Waals surface area contributed by atoms with E-state index in [2.05, 4.69) is 5.92 Å². The lowest BCUT2D eigenvalue weighted by molar-refractivity contribution is 0.0843. The molecule has 0 aliphatic carbocycles. The molecule has 0 saturated carbocycles. The van der Waals surface area contributed by atoms with Crippen LogP contribution in [0.15, 0.2) is 12.1 Å². The summed E-state index contributed by atoms with van der Waals surface area (Å²) in [5.74, 6) is 2.90. The van der Waals surface area contributed by atoms with Gasteiger partial charge in [0.25, 0.3) is 0 Å². The van der Waals surface area contributed by atoms with Crippen molar-refractivity contribution in [1.29, 1.82) is 0 Å². The second-order valence-corrected chi connectivity index (χ2v) is 9.01. The molecule has 1 N–H and O–H groups in total. The molecule has 0 aliphatic heterocycles. The molecule has 0 saturated heterocycles. The van der Waals surface area contributed by atoms with Gasteiger partial charge in [-0.2, -0.15) is 0 Å². The van der Waals surface area contributed by atoms with E-state index in [4.69, 9.17) is 6.42 Å². The van der Waals surface area contributed by atoms with Crippen LogP contribution >= 0.6 is 0 Å². The molecule has 0 amide bonds. The number of hydrogen-bond acceptors (Lipinski definition) is 2. The molecular formula is C21H30O2. The number of phenols is 1. The average Bonchev–Trinajstić information content (AvgIpc) is 2.35. The number of rotatable bonds is 3. The van der Waals surface area contributed by atoms with Crippen molar-refractivity contribution in [3.05, 3.63) is 28.8 Å². The highest BCUT2D eigenvalue weighted by atomic mass is 16.3. The highest BCUT2D eigenvalue weighted by Gasteiger charge is 2.32. The summed E-state index contributed by atoms with van der Waals surface area (Å²) < 4.78 is 0. The Labute approximate surface area is 141 Å². The minimum atomic E-state index is -0.615. The molecule has 1 aromatic rings. The number of Topliss-reactive ketones (excluding diaryl/α,β-unsaturated/α-hetero) is 1. The summed E-state index contributed by atoms with van der Waals surface area (Å²) in [6.07, 6.45) is 5.80. The van der Waals surface area contributed by atoms with Crippen LogP contribution in [0.1, 0.15) is 83.3 Å². The fourth-order valence-electron chi connectivity index (χ4n) is 2.64. The van der Waals surface area contributed by atoms with Crippen LogP contribution < -0.4 is 0 Å². The largest absolute Gasteiger partial charge is 0.507 e. The minimum absolute atomic E-state index is 0.0199. The number of terminal acetylenes is 1. The first-order valence-corrected chi connectivity index (χ1v) is 8.08. The van der Waals surface area contributed by atoms with Gasteiger partial charge in [-0.3, -0.25) is 4.79 Å². The normalized spacial score (nSPS) is 12.8. The minimum Gasteiger partial charge on any atom is -0.507 e. The Balaban J connectivity index is 3.64. The summed E-state index contributed by atoms with van der Waals surface area (Å²) in [4.78, 5) is 12.9. The second kappa shape index (κ2) is 6.04. The van der Waals surface area contributed by atoms with E-state index < -0.39 is 5.41 Å². The van der Waals surface area contributed by atoms with Gasteiger partial charge in [-0.05, 0) is 23.0 Å². The van der Waals surface area contributed by atoms with Gasteiger partial charge in [0.1, 0.15) is 5.75 Å². The zero-order valence-electron chi connectivity index (χ0n) is 15.8. The second-order valence-electron chi connectivity index (χ2n) is 9.01. The topological polar surface area (TPSA) is 37.3 Å². The maximum absolute atomic E-state index is 12.9. The van der Waals surface area contributed by atoms with E-state index in [0.717, 1.165) is 11.1 Å². The van der Waals surface area contributed by atoms with Crippen molar-refractivity contribution < 1.29 is 9.90 Å². The number of hydrogen-bond donors (Lipinski definition) is 1. The van der Waals surface area contributed by atoms with Crippen molar-refractivity contribution in [2.45, 2.75) is 72.6 Å². The smallest absolute Gasteiger partial charge is 0.169 e. The van der Waals surface area contributed by atoms with E-state index in [0.29, 0.717) is 12.0 Å². The first-order valence-electron chi connectivity index (χ1n) is 8.08. The van der Waals surface area contributed by atoms with Gasteiger partial charge >= 0.3 is 0 Å². The zero-order chi connectivity index (χ0) is 18.2. The third-order valence-corrected chi connectivity index (χ3v) is 4.15. The van der Waals surface area contributed by atoms with Gasteiger partial charge in [-0.1, -0.05) is 55.4 Å². The average molecular weight is 314 g/mol. The molecule has 0 atom stereocenters. The number of carbonyl (C=O) groups excluding carboxylic acids is 1. The molecule has 1 rings (SSSR count). The summed E-state index contributed by atoms with van der Waals surface area (Å²) in [5.41, 5.74) is 1.09. The van der Waals surface area contributed by atoms with Gasteiger partial charge in [0.2, 0.25) is 0 Å².